The SMILES string of the molecule is C[C@@H](c1ncnn1C1=NN(C)C(=O)CC1)N(C)c1ncnc2c(I)cc(Cl)cc12. The number of fused-ring (bicyclic) bond motifs is 1. The fraction of sp³-hybridized carbons (Fsp3) is 0.333. The number of amides is 1. The molecule has 0 aliphatic carbocycles. The van der Waals surface area contributed by atoms with Crippen LogP contribution >= 0.6 is 34.2 Å². The molecule has 0 bridgehead atoms. The van der Waals surface area contributed by atoms with E-state index < -0.39 is 0 Å². The lowest BCUT2D eigenvalue weighted by Crippen LogP contribution is -2.34. The number of rotatable bonds is 3. The molecule has 0 saturated carbocycles. The second-order valence-corrected chi connectivity index (χ2v) is 8.33. The number of hydrogen-bond acceptors (Lipinski definition) is 7. The van der Waals surface area contributed by atoms with Crippen molar-refractivity contribution >= 4 is 62.7 Å². The molecule has 3 aromatic rings. The molecule has 0 N–H and O–H groups in total. The summed E-state index contributed by atoms with van der Waals surface area (Å²) in [5.41, 5.74) is 0.845. The molecule has 1 aliphatic rings. The van der Waals surface area contributed by atoms with E-state index in [0.717, 1.165) is 20.3 Å². The summed E-state index contributed by atoms with van der Waals surface area (Å²) >= 11 is 8.50. The zero-order valence-corrected chi connectivity index (χ0v) is 19.0. The van der Waals surface area contributed by atoms with Crippen molar-refractivity contribution < 1.29 is 4.79 Å². The smallest absolute Gasteiger partial charge is 0.242 e. The first kappa shape index (κ1) is 20.0. The minimum atomic E-state index is -0.169. The Balaban J connectivity index is 1.73. The lowest BCUT2D eigenvalue weighted by Gasteiger charge is -2.27. The van der Waals surface area contributed by atoms with E-state index >= 15 is 0 Å². The molecule has 2 aromatic heterocycles. The molecular weight excluding hydrogens is 507 g/mol. The van der Waals surface area contributed by atoms with E-state index in [1.165, 1.54) is 11.3 Å². The van der Waals surface area contributed by atoms with Crippen LogP contribution in [0, 0.1) is 3.57 Å². The summed E-state index contributed by atoms with van der Waals surface area (Å²) in [6, 6.07) is 3.58. The van der Waals surface area contributed by atoms with Crippen molar-refractivity contribution in [3.63, 3.8) is 0 Å². The van der Waals surface area contributed by atoms with E-state index in [-0.39, 0.29) is 11.9 Å². The van der Waals surface area contributed by atoms with Gasteiger partial charge in [-0.25, -0.2) is 20.0 Å². The van der Waals surface area contributed by atoms with E-state index in [1.54, 1.807) is 18.1 Å². The van der Waals surface area contributed by atoms with Gasteiger partial charge in [0.2, 0.25) is 5.91 Å². The van der Waals surface area contributed by atoms with Crippen molar-refractivity contribution in [3.05, 3.63) is 39.2 Å². The standard InChI is InChI=1S/C18H18ClIN8O/c1-10(17-23-9-24-28(17)14-4-5-15(29)27(3)25-14)26(2)18-12-6-11(19)7-13(20)16(12)21-8-22-18/h6-10H,4-5H2,1-3H3/t10-/m0/s1. The third-order valence-electron chi connectivity index (χ3n) is 4.93. The second kappa shape index (κ2) is 7.82. The number of anilines is 1. The van der Waals surface area contributed by atoms with Crippen LogP contribution in [0.25, 0.3) is 10.9 Å². The number of hydrazone groups is 1. The molecule has 9 nitrogen and oxygen atoms in total. The molecule has 3 heterocycles. The monoisotopic (exact) mass is 524 g/mol. The van der Waals surface area contributed by atoms with Gasteiger partial charge in [0.25, 0.3) is 0 Å². The molecule has 150 valence electrons. The Kier molecular flexibility index (Phi) is 5.38. The highest BCUT2D eigenvalue weighted by Crippen LogP contribution is 2.32. The van der Waals surface area contributed by atoms with Crippen molar-refractivity contribution in [3.8, 4) is 0 Å². The summed E-state index contributed by atoms with van der Waals surface area (Å²) in [6.07, 6.45) is 3.95. The number of hydrogen-bond donors (Lipinski definition) is 0. The quantitative estimate of drug-likeness (QED) is 0.489. The summed E-state index contributed by atoms with van der Waals surface area (Å²) in [6.45, 7) is 2.02. The van der Waals surface area contributed by atoms with Gasteiger partial charge in [0.15, 0.2) is 11.7 Å². The molecule has 1 amide bonds. The van der Waals surface area contributed by atoms with Crippen molar-refractivity contribution in [2.45, 2.75) is 25.8 Å². The first-order valence-electron chi connectivity index (χ1n) is 8.93. The molecule has 29 heavy (non-hydrogen) atoms. The summed E-state index contributed by atoms with van der Waals surface area (Å²) in [7, 11) is 3.59. The van der Waals surface area contributed by atoms with Crippen molar-refractivity contribution in [2.75, 3.05) is 19.0 Å². The van der Waals surface area contributed by atoms with Gasteiger partial charge in [-0.1, -0.05) is 11.6 Å². The molecule has 4 rings (SSSR count). The first-order valence-corrected chi connectivity index (χ1v) is 10.4. The van der Waals surface area contributed by atoms with Crippen LogP contribution in [0.4, 0.5) is 5.82 Å². The van der Waals surface area contributed by atoms with Gasteiger partial charge in [0.1, 0.15) is 18.5 Å². The fourth-order valence-electron chi connectivity index (χ4n) is 3.26. The Morgan fingerprint density at radius 2 is 2.00 bits per heavy atom. The van der Waals surface area contributed by atoms with Gasteiger partial charge in [0.05, 0.1) is 11.6 Å². The van der Waals surface area contributed by atoms with Crippen LogP contribution in [0.1, 0.15) is 31.6 Å². The Morgan fingerprint density at radius 1 is 1.21 bits per heavy atom. The molecule has 11 heteroatoms. The Bertz CT molecular complexity index is 1130. The maximum Gasteiger partial charge on any atom is 0.242 e. The Labute approximate surface area is 185 Å². The molecule has 1 aromatic carbocycles. The Hall–Kier alpha value is -2.34. The largest absolute Gasteiger partial charge is 0.349 e. The highest BCUT2D eigenvalue weighted by atomic mass is 127. The van der Waals surface area contributed by atoms with Gasteiger partial charge in [-0.05, 0) is 41.6 Å². The van der Waals surface area contributed by atoms with E-state index in [4.69, 9.17) is 11.6 Å². The average molecular weight is 525 g/mol. The van der Waals surface area contributed by atoms with Crippen molar-refractivity contribution in [1.82, 2.24) is 29.7 Å². The van der Waals surface area contributed by atoms with Gasteiger partial charge in [0, 0.05) is 40.9 Å². The zero-order valence-electron chi connectivity index (χ0n) is 16.0. The highest BCUT2D eigenvalue weighted by Gasteiger charge is 2.26. The van der Waals surface area contributed by atoms with Crippen LogP contribution in [0.5, 0.6) is 0 Å². The minimum absolute atomic E-state index is 0.0143. The van der Waals surface area contributed by atoms with Crippen LogP contribution < -0.4 is 4.90 Å². The zero-order chi connectivity index (χ0) is 20.7. The van der Waals surface area contributed by atoms with Crippen molar-refractivity contribution in [1.29, 1.82) is 0 Å². The lowest BCUT2D eigenvalue weighted by molar-refractivity contribution is -0.130. The minimum Gasteiger partial charge on any atom is -0.349 e. The van der Waals surface area contributed by atoms with Gasteiger partial charge in [-0.3, -0.25) is 4.79 Å². The molecule has 0 spiro atoms. The van der Waals surface area contributed by atoms with Crippen LogP contribution in [0.15, 0.2) is 29.9 Å². The van der Waals surface area contributed by atoms with E-state index in [1.807, 2.05) is 31.0 Å². The van der Waals surface area contributed by atoms with Crippen LogP contribution in [0.2, 0.25) is 5.02 Å². The fourth-order valence-corrected chi connectivity index (χ4v) is 4.43. The van der Waals surface area contributed by atoms with Gasteiger partial charge >= 0.3 is 0 Å². The summed E-state index contributed by atoms with van der Waals surface area (Å²) in [4.78, 5) is 27.1. The topological polar surface area (TPSA) is 92.4 Å². The first-order chi connectivity index (χ1) is 13.9. The summed E-state index contributed by atoms with van der Waals surface area (Å²) in [5.74, 6) is 2.12. The van der Waals surface area contributed by atoms with Crippen LogP contribution in [-0.2, 0) is 4.79 Å². The molecule has 0 fully saturated rings. The summed E-state index contributed by atoms with van der Waals surface area (Å²) in [5, 5.41) is 11.5. The molecular formula is C18H18ClIN8O. The number of aromatic nitrogens is 5. The lowest BCUT2D eigenvalue weighted by atomic mass is 10.2. The average Bonchev–Trinajstić information content (AvgIpc) is 3.18. The van der Waals surface area contributed by atoms with Gasteiger partial charge in [-0.2, -0.15) is 14.9 Å². The van der Waals surface area contributed by atoms with Crippen LogP contribution in [0.3, 0.4) is 0 Å². The third-order valence-corrected chi connectivity index (χ3v) is 5.97. The second-order valence-electron chi connectivity index (χ2n) is 6.73. The third kappa shape index (κ3) is 3.66. The number of halogens is 2. The predicted octanol–water partition coefficient (Wildman–Crippen LogP) is 3.09. The maximum absolute atomic E-state index is 11.7. The maximum atomic E-state index is 11.7. The van der Waals surface area contributed by atoms with Crippen molar-refractivity contribution in [2.24, 2.45) is 5.10 Å². The van der Waals surface area contributed by atoms with Gasteiger partial charge in [-0.15, -0.1) is 0 Å². The number of nitrogens with zero attached hydrogens (tertiary/aromatic N) is 8. The normalized spacial score (nSPS) is 15.6. The van der Waals surface area contributed by atoms with Gasteiger partial charge < -0.3 is 4.90 Å². The molecule has 0 saturated heterocycles. The van der Waals surface area contributed by atoms with Crippen LogP contribution in [-0.4, -0.2) is 55.6 Å². The molecule has 0 unspecified atom stereocenters. The molecule has 1 atom stereocenters. The van der Waals surface area contributed by atoms with E-state index in [9.17, 15) is 4.79 Å². The highest BCUT2D eigenvalue weighted by molar-refractivity contribution is 14.1. The number of carbonyl (C=O) groups is 1. The van der Waals surface area contributed by atoms with E-state index in [0.29, 0.717) is 29.5 Å². The number of carbonyl (C=O) groups excluding carboxylic acids is 1. The molecule has 1 aliphatic heterocycles. The summed E-state index contributed by atoms with van der Waals surface area (Å²) < 4.78 is 2.66. The molecule has 0 radical (unpaired) electrons. The number of benzene rings is 1. The van der Waals surface area contributed by atoms with E-state index in [2.05, 4.69) is 47.7 Å². The predicted molar refractivity (Wildman–Crippen MR) is 119 cm³/mol. The Morgan fingerprint density at radius 3 is 2.76 bits per heavy atom.